The van der Waals surface area contributed by atoms with Crippen LogP contribution in [0.1, 0.15) is 16.8 Å². The first kappa shape index (κ1) is 18.2. The minimum absolute atomic E-state index is 0.0316. The van der Waals surface area contributed by atoms with Crippen molar-refractivity contribution in [1.29, 1.82) is 0 Å². The lowest BCUT2D eigenvalue weighted by Gasteiger charge is -2.10. The van der Waals surface area contributed by atoms with Crippen LogP contribution in [0.3, 0.4) is 0 Å². The van der Waals surface area contributed by atoms with Gasteiger partial charge in [0.05, 0.1) is 12.0 Å². The molecule has 1 N–H and O–H groups in total. The number of nitrogens with one attached hydrogen (secondary N) is 1. The molecule has 1 aromatic rings. The van der Waals surface area contributed by atoms with Crippen molar-refractivity contribution >= 4 is 41.6 Å². The molecular weight excluding hydrogens is 406 g/mol. The molecule has 0 saturated heterocycles. The van der Waals surface area contributed by atoms with E-state index in [1.165, 1.54) is 0 Å². The van der Waals surface area contributed by atoms with Gasteiger partial charge in [-0.15, -0.1) is 0 Å². The maximum absolute atomic E-state index is 13.9. The van der Waals surface area contributed by atoms with Gasteiger partial charge in [0.15, 0.2) is 5.82 Å². The van der Waals surface area contributed by atoms with Crippen molar-refractivity contribution < 1.29 is 30.8 Å². The molecule has 1 aromatic carbocycles. The Kier molecular flexibility index (Phi) is 5.62. The van der Waals surface area contributed by atoms with Crippen LogP contribution in [-0.2, 0) is 9.05 Å². The molecule has 0 atom stereocenters. The highest BCUT2D eigenvalue weighted by Gasteiger charge is 2.28. The molecule has 0 radical (unpaired) electrons. The predicted molar refractivity (Wildman–Crippen MR) is 70.1 cm³/mol. The van der Waals surface area contributed by atoms with Gasteiger partial charge in [-0.1, -0.05) is 15.9 Å². The summed E-state index contributed by atoms with van der Waals surface area (Å²) >= 11 is 2.86. The lowest BCUT2D eigenvalue weighted by atomic mass is 10.2. The zero-order chi connectivity index (χ0) is 16.4. The summed E-state index contributed by atoms with van der Waals surface area (Å²) in [6, 6.07) is 1.77. The fourth-order valence-electron chi connectivity index (χ4n) is 1.32. The molecule has 0 fully saturated rings. The molecule has 0 aromatic heterocycles. The molecule has 4 nitrogen and oxygen atoms in total. The van der Waals surface area contributed by atoms with E-state index >= 15 is 0 Å². The highest BCUT2D eigenvalue weighted by atomic mass is 79.9. The average Bonchev–Trinajstić information content (AvgIpc) is 2.28. The first-order chi connectivity index (χ1) is 9.42. The van der Waals surface area contributed by atoms with Crippen LogP contribution in [0.15, 0.2) is 21.5 Å². The van der Waals surface area contributed by atoms with E-state index in [0.717, 1.165) is 12.1 Å². The number of carbonyl (C=O) groups is 1. The van der Waals surface area contributed by atoms with Crippen LogP contribution < -0.4 is 5.32 Å². The van der Waals surface area contributed by atoms with Crippen LogP contribution in [0, 0.1) is 5.82 Å². The molecule has 0 bridgehead atoms. The molecule has 0 aliphatic rings. The lowest BCUT2D eigenvalue weighted by Crippen LogP contribution is -2.29. The normalized spacial score (nSPS) is 12.3. The molecular formula is C10H7BrClF4NO3S. The molecule has 0 aliphatic carbocycles. The van der Waals surface area contributed by atoms with Crippen molar-refractivity contribution in [3.05, 3.63) is 28.0 Å². The van der Waals surface area contributed by atoms with Crippen LogP contribution in [0.4, 0.5) is 17.6 Å². The minimum Gasteiger partial charge on any atom is -0.352 e. The molecule has 1 rings (SSSR count). The highest BCUT2D eigenvalue weighted by Crippen LogP contribution is 2.26. The van der Waals surface area contributed by atoms with Crippen LogP contribution in [0.25, 0.3) is 0 Å². The quantitative estimate of drug-likeness (QED) is 0.610. The van der Waals surface area contributed by atoms with E-state index in [2.05, 4.69) is 15.9 Å². The van der Waals surface area contributed by atoms with Crippen molar-refractivity contribution in [3.63, 3.8) is 0 Å². The van der Waals surface area contributed by atoms with Gasteiger partial charge in [0, 0.05) is 21.7 Å². The van der Waals surface area contributed by atoms with Gasteiger partial charge in [-0.3, -0.25) is 4.79 Å². The van der Waals surface area contributed by atoms with Gasteiger partial charge in [0.1, 0.15) is 4.90 Å². The molecule has 0 heterocycles. The van der Waals surface area contributed by atoms with Gasteiger partial charge in [-0.2, -0.15) is 13.2 Å². The SMILES string of the molecule is O=C(NCCC(F)(F)F)c1cc(Br)cc(S(=O)(=O)Cl)c1F. The van der Waals surface area contributed by atoms with E-state index in [-0.39, 0.29) is 4.47 Å². The maximum atomic E-state index is 13.9. The van der Waals surface area contributed by atoms with E-state index in [1.54, 1.807) is 0 Å². The summed E-state index contributed by atoms with van der Waals surface area (Å²) in [5.74, 6) is -2.61. The van der Waals surface area contributed by atoms with Crippen molar-refractivity contribution in [2.45, 2.75) is 17.5 Å². The van der Waals surface area contributed by atoms with E-state index in [0.29, 0.717) is 0 Å². The number of halogens is 6. The Balaban J connectivity index is 3.03. The maximum Gasteiger partial charge on any atom is 0.390 e. The second kappa shape index (κ2) is 6.49. The lowest BCUT2D eigenvalue weighted by molar-refractivity contribution is -0.132. The fourth-order valence-corrected chi connectivity index (χ4v) is 2.86. The van der Waals surface area contributed by atoms with Crippen molar-refractivity contribution in [2.75, 3.05) is 6.54 Å². The topological polar surface area (TPSA) is 63.2 Å². The monoisotopic (exact) mass is 411 g/mol. The molecule has 118 valence electrons. The fraction of sp³-hybridized carbons (Fsp3) is 0.300. The Morgan fingerprint density at radius 1 is 1.33 bits per heavy atom. The molecule has 1 amide bonds. The number of carbonyl (C=O) groups excluding carboxylic acids is 1. The van der Waals surface area contributed by atoms with Gasteiger partial charge in [-0.25, -0.2) is 12.8 Å². The second-order valence-corrected chi connectivity index (χ2v) is 7.27. The number of amides is 1. The zero-order valence-corrected chi connectivity index (χ0v) is 13.1. The number of rotatable bonds is 4. The largest absolute Gasteiger partial charge is 0.390 e. The summed E-state index contributed by atoms with van der Waals surface area (Å²) < 4.78 is 72.1. The smallest absolute Gasteiger partial charge is 0.352 e. The Morgan fingerprint density at radius 2 is 1.90 bits per heavy atom. The Bertz CT molecular complexity index is 663. The summed E-state index contributed by atoms with van der Waals surface area (Å²) in [6.07, 6.45) is -5.78. The van der Waals surface area contributed by atoms with E-state index in [1.807, 2.05) is 5.32 Å². The first-order valence-electron chi connectivity index (χ1n) is 5.20. The van der Waals surface area contributed by atoms with Crippen molar-refractivity contribution in [2.24, 2.45) is 0 Å². The molecule has 0 aliphatic heterocycles. The third-order valence-electron chi connectivity index (χ3n) is 2.21. The van der Waals surface area contributed by atoms with Crippen molar-refractivity contribution in [1.82, 2.24) is 5.32 Å². The molecule has 0 saturated carbocycles. The molecule has 11 heteroatoms. The van der Waals surface area contributed by atoms with Crippen LogP contribution in [0.2, 0.25) is 0 Å². The predicted octanol–water partition coefficient (Wildman–Crippen LogP) is 3.20. The third-order valence-corrected chi connectivity index (χ3v) is 3.98. The van der Waals surface area contributed by atoms with Crippen LogP contribution in [-0.4, -0.2) is 27.0 Å². The third kappa shape index (κ3) is 5.44. The summed E-state index contributed by atoms with van der Waals surface area (Å²) in [4.78, 5) is 10.7. The summed E-state index contributed by atoms with van der Waals surface area (Å²) in [5.41, 5.74) is -0.731. The Morgan fingerprint density at radius 3 is 2.38 bits per heavy atom. The van der Waals surface area contributed by atoms with Gasteiger partial charge < -0.3 is 5.32 Å². The van der Waals surface area contributed by atoms with Gasteiger partial charge in [0.25, 0.3) is 15.0 Å². The van der Waals surface area contributed by atoms with Crippen molar-refractivity contribution in [3.8, 4) is 0 Å². The number of benzene rings is 1. The van der Waals surface area contributed by atoms with Crippen LogP contribution >= 0.6 is 26.6 Å². The molecule has 0 spiro atoms. The standard InChI is InChI=1S/C10H7BrClF4NO3S/c11-5-3-6(8(13)7(4-5)21(12,19)20)9(18)17-2-1-10(14,15)16/h3-4H,1-2H2,(H,17,18). The second-order valence-electron chi connectivity index (χ2n) is 3.82. The van der Waals surface area contributed by atoms with Crippen LogP contribution in [0.5, 0.6) is 0 Å². The number of alkyl halides is 3. The van der Waals surface area contributed by atoms with E-state index in [4.69, 9.17) is 10.7 Å². The molecule has 21 heavy (non-hydrogen) atoms. The van der Waals surface area contributed by atoms with Gasteiger partial charge in [-0.05, 0) is 12.1 Å². The van der Waals surface area contributed by atoms with Gasteiger partial charge in [0.2, 0.25) is 0 Å². The Hall–Kier alpha value is -0.870. The van der Waals surface area contributed by atoms with Gasteiger partial charge >= 0.3 is 6.18 Å². The summed E-state index contributed by atoms with van der Waals surface area (Å²) in [5, 5.41) is 1.84. The number of hydrogen-bond donors (Lipinski definition) is 1. The summed E-state index contributed by atoms with van der Waals surface area (Å²) in [7, 11) is 0.559. The Labute approximate surface area is 130 Å². The zero-order valence-electron chi connectivity index (χ0n) is 9.97. The first-order valence-corrected chi connectivity index (χ1v) is 8.30. The summed E-state index contributed by atoms with van der Waals surface area (Å²) in [6.45, 7) is -0.767. The van der Waals surface area contributed by atoms with E-state index in [9.17, 15) is 30.8 Å². The molecule has 0 unspecified atom stereocenters. The highest BCUT2D eigenvalue weighted by molar-refractivity contribution is 9.10. The average molecular weight is 413 g/mol. The van der Waals surface area contributed by atoms with E-state index < -0.39 is 50.4 Å². The number of hydrogen-bond acceptors (Lipinski definition) is 3. The minimum atomic E-state index is -4.48.